The van der Waals surface area contributed by atoms with Crippen LogP contribution < -0.4 is 16.7 Å². The Morgan fingerprint density at radius 1 is 1.12 bits per heavy atom. The quantitative estimate of drug-likeness (QED) is 0.201. The standard InChI is InChI=1S/C24H34N5O12P/c1-22(2,3)19(32)37-12-39-42(35,40-13-38-20(33)23(4,5)6)15-9-28(27-26-15)10-24-11-36-16(17(24)31)18(41-24)29-8-7-14(30)25-21(29)34/h7-9,16-18,31H,10-13H2,1-6H3,(H,25,30,34)/t16?,17?,18-,24+/m1/s1. The predicted molar refractivity (Wildman–Crippen MR) is 140 cm³/mol. The van der Waals surface area contributed by atoms with Gasteiger partial charge in [0.05, 0.1) is 30.2 Å². The number of fused-ring (bicyclic) bond motifs is 2. The molecule has 0 amide bonds. The van der Waals surface area contributed by atoms with Crippen molar-refractivity contribution in [2.24, 2.45) is 10.8 Å². The zero-order valence-electron chi connectivity index (χ0n) is 24.0. The number of aliphatic hydroxyl groups excluding tert-OH is 1. The number of nitrogens with one attached hydrogen (secondary N) is 1. The molecule has 0 spiro atoms. The fourth-order valence-corrected chi connectivity index (χ4v) is 5.19. The van der Waals surface area contributed by atoms with Crippen LogP contribution in [0.1, 0.15) is 47.8 Å². The molecule has 2 N–H and O–H groups in total. The van der Waals surface area contributed by atoms with Gasteiger partial charge in [0.25, 0.3) is 5.56 Å². The summed E-state index contributed by atoms with van der Waals surface area (Å²) in [5, 5.41) is 18.8. The Bertz CT molecular complexity index is 1450. The molecule has 2 aliphatic heterocycles. The van der Waals surface area contributed by atoms with Crippen molar-refractivity contribution < 1.29 is 47.3 Å². The van der Waals surface area contributed by atoms with Crippen LogP contribution in [0.15, 0.2) is 28.0 Å². The maximum absolute atomic E-state index is 13.7. The first kappa shape index (κ1) is 31.7. The van der Waals surface area contributed by atoms with Gasteiger partial charge in [0, 0.05) is 12.3 Å². The van der Waals surface area contributed by atoms with Crippen LogP contribution in [0.3, 0.4) is 0 Å². The highest BCUT2D eigenvalue weighted by Gasteiger charge is 2.62. The molecule has 4 atom stereocenters. The van der Waals surface area contributed by atoms with Crippen molar-refractivity contribution in [1.29, 1.82) is 0 Å². The van der Waals surface area contributed by atoms with Crippen LogP contribution in [0.2, 0.25) is 0 Å². The smallest absolute Gasteiger partial charge is 0.388 e. The third-order valence-electron chi connectivity index (χ3n) is 6.42. The summed E-state index contributed by atoms with van der Waals surface area (Å²) in [4.78, 5) is 50.2. The number of aromatic nitrogens is 5. The fourth-order valence-electron chi connectivity index (χ4n) is 4.05. The summed E-state index contributed by atoms with van der Waals surface area (Å²) in [6.45, 7) is 7.98. The lowest BCUT2D eigenvalue weighted by Gasteiger charge is -2.30. The number of hydrogen-bond donors (Lipinski definition) is 2. The van der Waals surface area contributed by atoms with E-state index < -0.39 is 79.2 Å². The molecule has 2 aliphatic rings. The molecule has 17 nitrogen and oxygen atoms in total. The zero-order valence-corrected chi connectivity index (χ0v) is 24.9. The number of ether oxygens (including phenoxy) is 4. The van der Waals surface area contributed by atoms with Crippen LogP contribution in [0.5, 0.6) is 0 Å². The van der Waals surface area contributed by atoms with Crippen molar-refractivity contribution in [3.63, 3.8) is 0 Å². The van der Waals surface area contributed by atoms with E-state index >= 15 is 0 Å². The molecular formula is C24H34N5O12P. The molecule has 4 heterocycles. The molecule has 2 bridgehead atoms. The van der Waals surface area contributed by atoms with Crippen LogP contribution in [-0.4, -0.2) is 79.6 Å². The van der Waals surface area contributed by atoms with Crippen LogP contribution >= 0.6 is 7.60 Å². The average Bonchev–Trinajstić information content (AvgIpc) is 3.55. The van der Waals surface area contributed by atoms with Gasteiger partial charge in [-0.05, 0) is 41.5 Å². The highest BCUT2D eigenvalue weighted by molar-refractivity contribution is 7.61. The first-order valence-electron chi connectivity index (χ1n) is 12.9. The molecule has 2 aromatic rings. The molecular weight excluding hydrogens is 581 g/mol. The zero-order chi connectivity index (χ0) is 31.1. The maximum atomic E-state index is 13.7. The second-order valence-electron chi connectivity index (χ2n) is 11.9. The predicted octanol–water partition coefficient (Wildman–Crippen LogP) is -0.199. The van der Waals surface area contributed by atoms with Crippen LogP contribution in [-0.2, 0) is 48.7 Å². The summed E-state index contributed by atoms with van der Waals surface area (Å²) in [7, 11) is -4.38. The molecule has 0 aliphatic carbocycles. The van der Waals surface area contributed by atoms with E-state index in [-0.39, 0.29) is 18.6 Å². The third kappa shape index (κ3) is 6.55. The molecule has 18 heteroatoms. The minimum absolute atomic E-state index is 0.0706. The van der Waals surface area contributed by atoms with E-state index in [2.05, 4.69) is 15.3 Å². The van der Waals surface area contributed by atoms with Crippen LogP contribution in [0, 0.1) is 10.8 Å². The summed E-state index contributed by atoms with van der Waals surface area (Å²) in [6.07, 6.45) is -0.747. The summed E-state index contributed by atoms with van der Waals surface area (Å²) in [5.74, 6) is -1.26. The first-order valence-corrected chi connectivity index (χ1v) is 14.4. The molecule has 232 valence electrons. The van der Waals surface area contributed by atoms with Crippen molar-refractivity contribution >= 4 is 25.0 Å². The topological polar surface area (TPSA) is 212 Å². The largest absolute Gasteiger partial charge is 0.438 e. The van der Waals surface area contributed by atoms with E-state index in [0.717, 1.165) is 10.6 Å². The lowest BCUT2D eigenvalue weighted by atomic mass is 9.98. The van der Waals surface area contributed by atoms with E-state index in [1.165, 1.54) is 17.1 Å². The molecule has 0 radical (unpaired) electrons. The summed E-state index contributed by atoms with van der Waals surface area (Å²) >= 11 is 0. The fraction of sp³-hybridized carbons (Fsp3) is 0.667. The number of rotatable bonds is 10. The molecule has 2 aromatic heterocycles. The average molecular weight is 616 g/mol. The summed E-state index contributed by atoms with van der Waals surface area (Å²) in [6, 6.07) is 1.13. The Kier molecular flexibility index (Phi) is 8.66. The van der Waals surface area contributed by atoms with E-state index in [9.17, 15) is 28.8 Å². The molecule has 2 unspecified atom stereocenters. The minimum atomic E-state index is -4.38. The van der Waals surface area contributed by atoms with Crippen molar-refractivity contribution in [3.05, 3.63) is 39.3 Å². The number of carbonyl (C=O) groups is 2. The van der Waals surface area contributed by atoms with Crippen molar-refractivity contribution in [2.45, 2.75) is 72.1 Å². The molecule has 2 fully saturated rings. The van der Waals surface area contributed by atoms with E-state index in [0.29, 0.717) is 0 Å². The second kappa shape index (κ2) is 11.5. The van der Waals surface area contributed by atoms with Crippen LogP contribution in [0.25, 0.3) is 0 Å². The number of aromatic amines is 1. The van der Waals surface area contributed by atoms with Gasteiger partial charge in [-0.1, -0.05) is 5.21 Å². The van der Waals surface area contributed by atoms with Gasteiger partial charge in [0.1, 0.15) is 17.8 Å². The van der Waals surface area contributed by atoms with Gasteiger partial charge in [-0.15, -0.1) is 5.10 Å². The highest BCUT2D eigenvalue weighted by atomic mass is 31.2. The Hall–Kier alpha value is -3.21. The van der Waals surface area contributed by atoms with Gasteiger partial charge in [0.15, 0.2) is 11.7 Å². The van der Waals surface area contributed by atoms with Crippen molar-refractivity contribution in [1.82, 2.24) is 24.5 Å². The van der Waals surface area contributed by atoms with E-state index in [1.54, 1.807) is 41.5 Å². The minimum Gasteiger partial charge on any atom is -0.438 e. The molecule has 0 saturated carbocycles. The third-order valence-corrected chi connectivity index (χ3v) is 8.08. The Balaban J connectivity index is 1.51. The molecule has 2 saturated heterocycles. The molecule has 42 heavy (non-hydrogen) atoms. The Morgan fingerprint density at radius 2 is 1.71 bits per heavy atom. The summed E-state index contributed by atoms with van der Waals surface area (Å²) < 4.78 is 48.5. The van der Waals surface area contributed by atoms with Gasteiger partial charge in [-0.25, -0.2) is 9.48 Å². The second-order valence-corrected chi connectivity index (χ2v) is 13.9. The van der Waals surface area contributed by atoms with Gasteiger partial charge >= 0.3 is 25.2 Å². The van der Waals surface area contributed by atoms with Crippen molar-refractivity contribution in [2.75, 3.05) is 20.2 Å². The number of esters is 2. The monoisotopic (exact) mass is 615 g/mol. The number of aliphatic hydroxyl groups is 1. The molecule has 0 aromatic carbocycles. The number of carbonyl (C=O) groups excluding carboxylic acids is 2. The highest BCUT2D eigenvalue weighted by Crippen LogP contribution is 2.47. The number of H-pyrrole nitrogens is 1. The number of hydrogen-bond acceptors (Lipinski definition) is 14. The SMILES string of the molecule is CC(C)(C)C(=O)OCOP(=O)(OCOC(=O)C(C)(C)C)c1cn(C[C@]23COC(C2O)[C@H](n2ccc(=O)[nH]c2=O)O3)nn1. The van der Waals surface area contributed by atoms with Crippen LogP contribution in [0.4, 0.5) is 0 Å². The lowest BCUT2D eigenvalue weighted by molar-refractivity contribution is -0.180. The van der Waals surface area contributed by atoms with Gasteiger partial charge in [-0.3, -0.25) is 37.5 Å². The van der Waals surface area contributed by atoms with Gasteiger partial charge in [0.2, 0.25) is 13.6 Å². The van der Waals surface area contributed by atoms with E-state index in [4.69, 9.17) is 28.0 Å². The normalized spacial score (nSPS) is 24.1. The number of nitrogens with zero attached hydrogens (tertiary/aromatic N) is 4. The first-order chi connectivity index (χ1) is 19.4. The lowest BCUT2D eigenvalue weighted by Crippen LogP contribution is -2.45. The Morgan fingerprint density at radius 3 is 2.26 bits per heavy atom. The van der Waals surface area contributed by atoms with Gasteiger partial charge < -0.3 is 24.1 Å². The van der Waals surface area contributed by atoms with Gasteiger partial charge in [-0.2, -0.15) is 0 Å². The molecule has 4 rings (SSSR count). The summed E-state index contributed by atoms with van der Waals surface area (Å²) in [5.41, 5.74) is -4.76. The maximum Gasteiger partial charge on any atom is 0.388 e. The van der Waals surface area contributed by atoms with E-state index in [1.807, 2.05) is 0 Å². The van der Waals surface area contributed by atoms with Crippen molar-refractivity contribution in [3.8, 4) is 0 Å². The Labute approximate surface area is 239 Å².